The lowest BCUT2D eigenvalue weighted by atomic mass is 10.1. The van der Waals surface area contributed by atoms with Gasteiger partial charge in [-0.2, -0.15) is 0 Å². The van der Waals surface area contributed by atoms with E-state index in [1.807, 2.05) is 13.8 Å². The molecular formula is C17H20BrFN2O2S. The number of carbonyl (C=O) groups excluding carboxylic acids is 2. The van der Waals surface area contributed by atoms with Crippen LogP contribution in [0.15, 0.2) is 22.7 Å². The van der Waals surface area contributed by atoms with Crippen LogP contribution in [0.1, 0.15) is 32.3 Å². The van der Waals surface area contributed by atoms with Crippen molar-refractivity contribution < 1.29 is 14.0 Å². The molecule has 0 spiro atoms. The highest BCUT2D eigenvalue weighted by molar-refractivity contribution is 9.10. The van der Waals surface area contributed by atoms with E-state index in [-0.39, 0.29) is 29.0 Å². The maximum Gasteiger partial charge on any atom is 0.246 e. The predicted molar refractivity (Wildman–Crippen MR) is 95.9 cm³/mol. The van der Waals surface area contributed by atoms with E-state index >= 15 is 0 Å². The zero-order chi connectivity index (χ0) is 17.5. The van der Waals surface area contributed by atoms with Crippen molar-refractivity contribution in [1.29, 1.82) is 0 Å². The molecule has 4 nitrogen and oxygen atoms in total. The van der Waals surface area contributed by atoms with Gasteiger partial charge >= 0.3 is 0 Å². The molecule has 3 rings (SSSR count). The summed E-state index contributed by atoms with van der Waals surface area (Å²) in [6.45, 7) is 4.59. The first-order valence-corrected chi connectivity index (χ1v) is 9.82. The number of thioether (sulfide) groups is 1. The van der Waals surface area contributed by atoms with Crippen LogP contribution in [0.25, 0.3) is 0 Å². The second-order valence-corrected chi connectivity index (χ2v) is 8.77. The number of nitrogens with zero attached hydrogens (tertiary/aromatic N) is 2. The first-order valence-electron chi connectivity index (χ1n) is 8.04. The Labute approximate surface area is 153 Å². The number of amides is 2. The molecule has 2 fully saturated rings. The number of hydrogen-bond acceptors (Lipinski definition) is 3. The summed E-state index contributed by atoms with van der Waals surface area (Å²) >= 11 is 5.01. The molecule has 0 radical (unpaired) electrons. The highest BCUT2D eigenvalue weighted by Crippen LogP contribution is 2.47. The van der Waals surface area contributed by atoms with Crippen molar-refractivity contribution in [2.45, 2.75) is 44.1 Å². The van der Waals surface area contributed by atoms with E-state index in [4.69, 9.17) is 0 Å². The van der Waals surface area contributed by atoms with E-state index in [0.29, 0.717) is 24.3 Å². The monoisotopic (exact) mass is 414 g/mol. The van der Waals surface area contributed by atoms with Gasteiger partial charge in [0.05, 0.1) is 4.87 Å². The normalized spacial score (nSPS) is 25.9. The van der Waals surface area contributed by atoms with Crippen molar-refractivity contribution in [1.82, 2.24) is 9.80 Å². The van der Waals surface area contributed by atoms with Gasteiger partial charge in [-0.25, -0.2) is 4.39 Å². The van der Waals surface area contributed by atoms with Crippen LogP contribution in [-0.2, 0) is 16.1 Å². The van der Waals surface area contributed by atoms with Crippen LogP contribution in [0.3, 0.4) is 0 Å². The van der Waals surface area contributed by atoms with Crippen LogP contribution in [0.5, 0.6) is 0 Å². The molecular weight excluding hydrogens is 395 g/mol. The minimum absolute atomic E-state index is 0.0468. The third kappa shape index (κ3) is 3.08. The molecule has 2 atom stereocenters. The molecule has 0 bridgehead atoms. The molecule has 0 aromatic heterocycles. The molecule has 0 N–H and O–H groups in total. The van der Waals surface area contributed by atoms with Crippen LogP contribution in [0, 0.1) is 5.82 Å². The lowest BCUT2D eigenvalue weighted by Crippen LogP contribution is -2.51. The van der Waals surface area contributed by atoms with Crippen LogP contribution >= 0.6 is 27.7 Å². The molecule has 1 aromatic carbocycles. The number of hydrogen-bond donors (Lipinski definition) is 0. The molecule has 2 unspecified atom stereocenters. The summed E-state index contributed by atoms with van der Waals surface area (Å²) in [4.78, 5) is 28.3. The van der Waals surface area contributed by atoms with E-state index in [1.165, 1.54) is 6.07 Å². The van der Waals surface area contributed by atoms with Crippen molar-refractivity contribution >= 4 is 39.5 Å². The van der Waals surface area contributed by atoms with Crippen molar-refractivity contribution in [3.05, 3.63) is 34.1 Å². The fourth-order valence-corrected chi connectivity index (χ4v) is 5.26. The summed E-state index contributed by atoms with van der Waals surface area (Å²) in [7, 11) is 0. The minimum Gasteiger partial charge on any atom is -0.337 e. The fraction of sp³-hybridized carbons (Fsp3) is 0.529. The van der Waals surface area contributed by atoms with Crippen molar-refractivity contribution in [2.75, 3.05) is 12.3 Å². The Balaban J connectivity index is 1.80. The van der Waals surface area contributed by atoms with Crippen molar-refractivity contribution in [3.8, 4) is 0 Å². The summed E-state index contributed by atoms with van der Waals surface area (Å²) in [5, 5.41) is 0. The van der Waals surface area contributed by atoms with Gasteiger partial charge in [-0.15, -0.1) is 11.8 Å². The quantitative estimate of drug-likeness (QED) is 0.757. The molecule has 7 heteroatoms. The third-order valence-corrected chi connectivity index (χ3v) is 6.79. The number of halogens is 2. The van der Waals surface area contributed by atoms with E-state index in [9.17, 15) is 14.0 Å². The van der Waals surface area contributed by atoms with Gasteiger partial charge in [-0.1, -0.05) is 15.9 Å². The highest BCUT2D eigenvalue weighted by Gasteiger charge is 2.53. The Kier molecular flexibility index (Phi) is 4.93. The minimum atomic E-state index is -0.440. The predicted octanol–water partition coefficient (Wildman–Crippen LogP) is 3.39. The van der Waals surface area contributed by atoms with Gasteiger partial charge in [0.1, 0.15) is 11.9 Å². The first kappa shape index (κ1) is 17.7. The number of benzene rings is 1. The van der Waals surface area contributed by atoms with Gasteiger partial charge in [0.25, 0.3) is 0 Å². The van der Waals surface area contributed by atoms with Gasteiger partial charge in [0.15, 0.2) is 0 Å². The zero-order valence-electron chi connectivity index (χ0n) is 13.7. The number of rotatable bonds is 4. The Morgan fingerprint density at radius 2 is 2.29 bits per heavy atom. The summed E-state index contributed by atoms with van der Waals surface area (Å²) in [6.07, 6.45) is 1.28. The summed E-state index contributed by atoms with van der Waals surface area (Å²) in [5.74, 6) is 0.236. The molecule has 2 aliphatic rings. The van der Waals surface area contributed by atoms with E-state index < -0.39 is 6.04 Å². The van der Waals surface area contributed by atoms with E-state index in [1.54, 1.807) is 33.7 Å². The summed E-state index contributed by atoms with van der Waals surface area (Å²) in [6, 6.07) is 4.29. The fourth-order valence-electron chi connectivity index (χ4n) is 3.43. The van der Waals surface area contributed by atoms with Crippen molar-refractivity contribution in [2.24, 2.45) is 0 Å². The van der Waals surface area contributed by atoms with Gasteiger partial charge in [-0.05, 0) is 38.5 Å². The molecule has 2 amide bonds. The lowest BCUT2D eigenvalue weighted by Gasteiger charge is -2.33. The number of fused-ring (bicyclic) bond motifs is 1. The Bertz CT molecular complexity index is 687. The molecule has 1 aromatic rings. The van der Waals surface area contributed by atoms with Crippen molar-refractivity contribution in [3.63, 3.8) is 0 Å². The van der Waals surface area contributed by atoms with Crippen LogP contribution in [0.4, 0.5) is 4.39 Å². The molecule has 2 saturated heterocycles. The molecule has 0 saturated carbocycles. The maximum atomic E-state index is 14.0. The Morgan fingerprint density at radius 1 is 1.54 bits per heavy atom. The average molecular weight is 415 g/mol. The third-order valence-electron chi connectivity index (χ3n) is 4.79. The second kappa shape index (κ2) is 6.67. The smallest absolute Gasteiger partial charge is 0.246 e. The summed E-state index contributed by atoms with van der Waals surface area (Å²) in [5.41, 5.74) is 0.473. The SMILES string of the molecule is CCN(Cc1cc(Br)ccc1F)C(=O)C1CSC2(C)CCC(=O)N12. The average Bonchev–Trinajstić information content (AvgIpc) is 3.04. The zero-order valence-corrected chi connectivity index (χ0v) is 16.1. The Morgan fingerprint density at radius 3 is 3.00 bits per heavy atom. The van der Waals surface area contributed by atoms with Crippen LogP contribution in [-0.4, -0.2) is 44.8 Å². The lowest BCUT2D eigenvalue weighted by molar-refractivity contribution is -0.144. The topological polar surface area (TPSA) is 40.6 Å². The van der Waals surface area contributed by atoms with Gasteiger partial charge in [-0.3, -0.25) is 9.59 Å². The standard InChI is InChI=1S/C17H20BrFN2O2S/c1-3-20(9-11-8-12(18)4-5-13(11)19)16(23)14-10-24-17(2)7-6-15(22)21(14)17/h4-5,8,14H,3,6-7,9-10H2,1-2H3. The first-order chi connectivity index (χ1) is 11.4. The Hall–Kier alpha value is -1.08. The second-order valence-electron chi connectivity index (χ2n) is 6.35. The van der Waals surface area contributed by atoms with E-state index in [0.717, 1.165) is 10.9 Å². The maximum absolute atomic E-state index is 14.0. The van der Waals surface area contributed by atoms with E-state index in [2.05, 4.69) is 15.9 Å². The van der Waals surface area contributed by atoms with Gasteiger partial charge in [0.2, 0.25) is 11.8 Å². The molecule has 0 aliphatic carbocycles. The van der Waals surface area contributed by atoms with Crippen LogP contribution < -0.4 is 0 Å². The number of likely N-dealkylation sites (N-methyl/N-ethyl adjacent to an activating group) is 1. The molecule has 2 aliphatic heterocycles. The highest BCUT2D eigenvalue weighted by atomic mass is 79.9. The van der Waals surface area contributed by atoms with Crippen LogP contribution in [0.2, 0.25) is 0 Å². The molecule has 2 heterocycles. The van der Waals surface area contributed by atoms with Gasteiger partial charge < -0.3 is 9.80 Å². The molecule has 130 valence electrons. The summed E-state index contributed by atoms with van der Waals surface area (Å²) < 4.78 is 14.8. The number of carbonyl (C=O) groups is 2. The molecule has 24 heavy (non-hydrogen) atoms. The largest absolute Gasteiger partial charge is 0.337 e. The van der Waals surface area contributed by atoms with Gasteiger partial charge in [0, 0.05) is 35.3 Å².